The van der Waals surface area contributed by atoms with E-state index in [9.17, 15) is 4.79 Å². The number of nitrogens with zero attached hydrogens (tertiary/aromatic N) is 4. The summed E-state index contributed by atoms with van der Waals surface area (Å²) in [4.78, 5) is 24.6. The topological polar surface area (TPSA) is 51.0 Å². The zero-order chi connectivity index (χ0) is 18.8. The number of thiophene rings is 1. The number of hydrogen-bond acceptors (Lipinski definition) is 5. The quantitative estimate of drug-likeness (QED) is 0.465. The van der Waals surface area contributed by atoms with Crippen molar-refractivity contribution < 1.29 is 4.79 Å². The third-order valence-electron chi connectivity index (χ3n) is 4.64. The fourth-order valence-corrected chi connectivity index (χ4v) is 4.70. The van der Waals surface area contributed by atoms with Crippen LogP contribution in [0.5, 0.6) is 0 Å². The summed E-state index contributed by atoms with van der Waals surface area (Å²) in [6, 6.07) is 7.99. The number of carbonyl (C=O) groups excluding carboxylic acids is 1. The maximum atomic E-state index is 13.1. The molecule has 0 unspecified atom stereocenters. The van der Waals surface area contributed by atoms with Crippen LogP contribution in [0.4, 0.5) is 5.13 Å². The number of hydrogen-bond donors (Lipinski definition) is 0. The minimum absolute atomic E-state index is 0.0177. The van der Waals surface area contributed by atoms with Gasteiger partial charge in [-0.25, -0.2) is 9.97 Å². The molecule has 4 aromatic rings. The van der Waals surface area contributed by atoms with E-state index in [1.807, 2.05) is 33.2 Å². The van der Waals surface area contributed by atoms with E-state index in [-0.39, 0.29) is 5.91 Å². The van der Waals surface area contributed by atoms with Gasteiger partial charge in [-0.2, -0.15) is 0 Å². The molecule has 7 heteroatoms. The molecular weight excluding hydrogens is 376 g/mol. The Hall–Kier alpha value is -2.51. The number of carbonyl (C=O) groups is 1. The first-order valence-electron chi connectivity index (χ1n) is 8.81. The Morgan fingerprint density at radius 1 is 1.26 bits per heavy atom. The van der Waals surface area contributed by atoms with Crippen LogP contribution in [0.25, 0.3) is 10.2 Å². The zero-order valence-electron chi connectivity index (χ0n) is 15.3. The highest BCUT2D eigenvalue weighted by atomic mass is 32.1. The number of fused-ring (bicyclic) bond motifs is 1. The molecule has 0 saturated carbocycles. The average molecular weight is 397 g/mol. The fourth-order valence-electron chi connectivity index (χ4n) is 2.98. The van der Waals surface area contributed by atoms with E-state index in [1.165, 1.54) is 22.5 Å². The molecule has 4 rings (SSSR count). The predicted octanol–water partition coefficient (Wildman–Crippen LogP) is 4.91. The smallest absolute Gasteiger partial charge is 0.270 e. The molecule has 3 aromatic heterocycles. The van der Waals surface area contributed by atoms with Crippen LogP contribution in [-0.2, 0) is 6.54 Å². The van der Waals surface area contributed by atoms with E-state index in [1.54, 1.807) is 23.9 Å². The number of aromatic nitrogens is 3. The third-order valence-corrected chi connectivity index (χ3v) is 6.54. The van der Waals surface area contributed by atoms with E-state index in [4.69, 9.17) is 4.98 Å². The summed E-state index contributed by atoms with van der Waals surface area (Å²) in [5.41, 5.74) is 3.39. The van der Waals surface area contributed by atoms with Crippen molar-refractivity contribution in [2.24, 2.45) is 0 Å². The molecule has 0 aliphatic heterocycles. The van der Waals surface area contributed by atoms with Crippen molar-refractivity contribution in [3.05, 3.63) is 64.4 Å². The van der Waals surface area contributed by atoms with Gasteiger partial charge in [0, 0.05) is 25.5 Å². The lowest BCUT2D eigenvalue weighted by molar-refractivity contribution is 0.0990. The lowest BCUT2D eigenvalue weighted by atomic mass is 10.1. The average Bonchev–Trinajstić information content (AvgIpc) is 3.42. The molecule has 0 atom stereocenters. The molecule has 5 nitrogen and oxygen atoms in total. The maximum Gasteiger partial charge on any atom is 0.270 e. The summed E-state index contributed by atoms with van der Waals surface area (Å²) in [7, 11) is 0. The standard InChI is InChI=1S/C20H20N4OS2/c1-14-6-7-16-18(15(14)2)22-20(27-16)24(19(25)17-5-3-12-26-17)10-4-9-23-11-8-21-13-23/h3,5-8,11-13H,4,9-10H2,1-2H3. The van der Waals surface area contributed by atoms with Gasteiger partial charge >= 0.3 is 0 Å². The van der Waals surface area contributed by atoms with Crippen LogP contribution in [0.15, 0.2) is 48.4 Å². The molecule has 1 aromatic carbocycles. The number of anilines is 1. The van der Waals surface area contributed by atoms with Gasteiger partial charge in [0.1, 0.15) is 0 Å². The Labute approximate surface area is 165 Å². The first-order valence-corrected chi connectivity index (χ1v) is 10.5. The first kappa shape index (κ1) is 17.9. The Balaban J connectivity index is 1.64. The number of rotatable bonds is 6. The van der Waals surface area contributed by atoms with Crippen molar-refractivity contribution in [3.8, 4) is 0 Å². The molecule has 0 N–H and O–H groups in total. The van der Waals surface area contributed by atoms with Gasteiger partial charge in [-0.15, -0.1) is 11.3 Å². The molecule has 0 fully saturated rings. The highest BCUT2D eigenvalue weighted by molar-refractivity contribution is 7.22. The van der Waals surface area contributed by atoms with E-state index >= 15 is 0 Å². The predicted molar refractivity (Wildman–Crippen MR) is 112 cm³/mol. The highest BCUT2D eigenvalue weighted by Crippen LogP contribution is 2.33. The van der Waals surface area contributed by atoms with Crippen LogP contribution in [0.3, 0.4) is 0 Å². The van der Waals surface area contributed by atoms with Crippen molar-refractivity contribution in [1.29, 1.82) is 0 Å². The molecule has 0 radical (unpaired) electrons. The number of amides is 1. The Kier molecular flexibility index (Phi) is 5.05. The molecule has 138 valence electrons. The van der Waals surface area contributed by atoms with E-state index in [0.717, 1.165) is 33.2 Å². The van der Waals surface area contributed by atoms with E-state index < -0.39 is 0 Å². The van der Waals surface area contributed by atoms with Gasteiger partial charge in [-0.1, -0.05) is 23.5 Å². The molecule has 0 aliphatic carbocycles. The Morgan fingerprint density at radius 2 is 2.15 bits per heavy atom. The molecule has 0 bridgehead atoms. The van der Waals surface area contributed by atoms with Crippen LogP contribution < -0.4 is 4.90 Å². The molecule has 3 heterocycles. The van der Waals surface area contributed by atoms with Gasteiger partial charge in [0.05, 0.1) is 21.4 Å². The molecule has 27 heavy (non-hydrogen) atoms. The third kappa shape index (κ3) is 3.65. The summed E-state index contributed by atoms with van der Waals surface area (Å²) in [5.74, 6) is 0.0177. The molecule has 0 saturated heterocycles. The summed E-state index contributed by atoms with van der Waals surface area (Å²) in [6.45, 7) is 5.61. The number of aryl methyl sites for hydroxylation is 3. The molecule has 0 aliphatic rings. The number of benzene rings is 1. The Morgan fingerprint density at radius 3 is 2.89 bits per heavy atom. The van der Waals surface area contributed by atoms with Gasteiger partial charge in [0.2, 0.25) is 0 Å². The van der Waals surface area contributed by atoms with Gasteiger partial charge in [0.15, 0.2) is 5.13 Å². The number of thiazole rings is 1. The van der Waals surface area contributed by atoms with Crippen molar-refractivity contribution in [3.63, 3.8) is 0 Å². The second-order valence-electron chi connectivity index (χ2n) is 6.44. The summed E-state index contributed by atoms with van der Waals surface area (Å²) in [5, 5.41) is 2.70. The normalized spacial score (nSPS) is 11.2. The largest absolute Gasteiger partial charge is 0.337 e. The lowest BCUT2D eigenvalue weighted by Gasteiger charge is -2.19. The highest BCUT2D eigenvalue weighted by Gasteiger charge is 2.22. The maximum absolute atomic E-state index is 13.1. The van der Waals surface area contributed by atoms with Crippen molar-refractivity contribution in [2.75, 3.05) is 11.4 Å². The van der Waals surface area contributed by atoms with E-state index in [0.29, 0.717) is 6.54 Å². The van der Waals surface area contributed by atoms with Crippen molar-refractivity contribution >= 4 is 43.9 Å². The minimum atomic E-state index is 0.0177. The van der Waals surface area contributed by atoms with Crippen LogP contribution in [0.2, 0.25) is 0 Å². The first-order chi connectivity index (χ1) is 13.1. The summed E-state index contributed by atoms with van der Waals surface area (Å²) >= 11 is 3.05. The second-order valence-corrected chi connectivity index (χ2v) is 8.40. The zero-order valence-corrected chi connectivity index (χ0v) is 16.9. The Bertz CT molecular complexity index is 1050. The van der Waals surface area contributed by atoms with Crippen LogP contribution in [0, 0.1) is 13.8 Å². The minimum Gasteiger partial charge on any atom is -0.337 e. The fraction of sp³-hybridized carbons (Fsp3) is 0.250. The van der Waals surface area contributed by atoms with Gasteiger partial charge < -0.3 is 4.57 Å². The SMILES string of the molecule is Cc1ccc2sc(N(CCCn3ccnc3)C(=O)c3cccs3)nc2c1C. The summed E-state index contributed by atoms with van der Waals surface area (Å²) < 4.78 is 3.14. The van der Waals surface area contributed by atoms with Crippen LogP contribution in [0.1, 0.15) is 27.2 Å². The lowest BCUT2D eigenvalue weighted by Crippen LogP contribution is -2.31. The molecule has 0 spiro atoms. The van der Waals surface area contributed by atoms with Gasteiger partial charge in [-0.3, -0.25) is 9.69 Å². The van der Waals surface area contributed by atoms with Gasteiger partial charge in [-0.05, 0) is 48.9 Å². The number of imidazole rings is 1. The summed E-state index contributed by atoms with van der Waals surface area (Å²) in [6.07, 6.45) is 6.35. The van der Waals surface area contributed by atoms with Gasteiger partial charge in [0.25, 0.3) is 5.91 Å². The molecule has 1 amide bonds. The molecular formula is C20H20N4OS2. The van der Waals surface area contributed by atoms with E-state index in [2.05, 4.69) is 31.0 Å². The van der Waals surface area contributed by atoms with Crippen LogP contribution >= 0.6 is 22.7 Å². The van der Waals surface area contributed by atoms with Crippen LogP contribution in [-0.4, -0.2) is 27.0 Å². The van der Waals surface area contributed by atoms with Crippen molar-refractivity contribution in [1.82, 2.24) is 14.5 Å². The second kappa shape index (κ2) is 7.62. The monoisotopic (exact) mass is 396 g/mol. The van der Waals surface area contributed by atoms with Crippen molar-refractivity contribution in [2.45, 2.75) is 26.8 Å².